The molecule has 0 unspecified atom stereocenters. The van der Waals surface area contributed by atoms with Crippen LogP contribution in [0.25, 0.3) is 0 Å². The van der Waals surface area contributed by atoms with Crippen LogP contribution < -0.4 is 15.5 Å². The maximum absolute atomic E-state index is 13.9. The van der Waals surface area contributed by atoms with E-state index < -0.39 is 23.4 Å². The van der Waals surface area contributed by atoms with Crippen LogP contribution in [-0.2, 0) is 26.3 Å². The Labute approximate surface area is 201 Å². The molecule has 170 valence electrons. The van der Waals surface area contributed by atoms with Gasteiger partial charge >= 0.3 is 0 Å². The van der Waals surface area contributed by atoms with Crippen LogP contribution in [0.2, 0.25) is 5.02 Å². The first kappa shape index (κ1) is 21.1. The minimum atomic E-state index is -1.34. The van der Waals surface area contributed by atoms with Gasteiger partial charge in [0.2, 0.25) is 17.7 Å². The molecule has 4 atom stereocenters. The van der Waals surface area contributed by atoms with Gasteiger partial charge in [-0.1, -0.05) is 66.2 Å². The monoisotopic (exact) mass is 471 g/mol. The Kier molecular flexibility index (Phi) is 4.66. The summed E-state index contributed by atoms with van der Waals surface area (Å²) in [6, 6.07) is 21.9. The quantitative estimate of drug-likeness (QED) is 0.569. The molecule has 3 heterocycles. The van der Waals surface area contributed by atoms with Crippen molar-refractivity contribution in [1.82, 2.24) is 5.32 Å². The van der Waals surface area contributed by atoms with Crippen molar-refractivity contribution in [3.05, 3.63) is 94.5 Å². The minimum Gasteiger partial charge on any atom is -0.324 e. The zero-order valence-electron chi connectivity index (χ0n) is 18.4. The lowest BCUT2D eigenvalue weighted by Crippen LogP contribution is -2.53. The first-order chi connectivity index (χ1) is 16.4. The second-order valence-electron chi connectivity index (χ2n) is 9.15. The van der Waals surface area contributed by atoms with E-state index in [9.17, 15) is 14.4 Å². The Morgan fingerprint density at radius 3 is 2.29 bits per heavy atom. The normalized spacial score (nSPS) is 27.3. The highest BCUT2D eigenvalue weighted by atomic mass is 35.5. The third-order valence-corrected chi connectivity index (χ3v) is 7.81. The summed E-state index contributed by atoms with van der Waals surface area (Å²) >= 11 is 6.34. The van der Waals surface area contributed by atoms with Gasteiger partial charge in [-0.3, -0.25) is 19.7 Å². The minimum absolute atomic E-state index is 0.279. The summed E-state index contributed by atoms with van der Waals surface area (Å²) in [6.45, 7) is 1.84. The van der Waals surface area contributed by atoms with Crippen LogP contribution in [0, 0.1) is 18.8 Å². The number of benzene rings is 3. The molecule has 6 rings (SSSR count). The van der Waals surface area contributed by atoms with E-state index in [1.807, 2.05) is 43.3 Å². The van der Waals surface area contributed by atoms with E-state index >= 15 is 0 Å². The molecule has 3 aromatic rings. The Balaban J connectivity index is 1.52. The van der Waals surface area contributed by atoms with Gasteiger partial charge in [-0.2, -0.15) is 0 Å². The fraction of sp³-hybridized carbons (Fsp3) is 0.222. The summed E-state index contributed by atoms with van der Waals surface area (Å²) < 4.78 is 0. The number of nitrogens with zero attached hydrogens (tertiary/aromatic N) is 1. The Hall–Kier alpha value is -3.48. The van der Waals surface area contributed by atoms with E-state index in [1.165, 1.54) is 4.90 Å². The van der Waals surface area contributed by atoms with Crippen LogP contribution in [0.15, 0.2) is 72.8 Å². The lowest BCUT2D eigenvalue weighted by molar-refractivity contribution is -0.130. The van der Waals surface area contributed by atoms with Gasteiger partial charge in [0.25, 0.3) is 0 Å². The number of amides is 3. The summed E-state index contributed by atoms with van der Waals surface area (Å²) in [5.74, 6) is -2.51. The van der Waals surface area contributed by atoms with Crippen molar-refractivity contribution in [1.29, 1.82) is 0 Å². The first-order valence-corrected chi connectivity index (χ1v) is 11.7. The number of anilines is 2. The number of hydrogen-bond acceptors (Lipinski definition) is 4. The van der Waals surface area contributed by atoms with Gasteiger partial charge in [-0.25, -0.2) is 4.90 Å². The number of nitrogens with one attached hydrogen (secondary N) is 2. The molecule has 0 aliphatic carbocycles. The fourth-order valence-electron chi connectivity index (χ4n) is 5.86. The van der Waals surface area contributed by atoms with Crippen molar-refractivity contribution in [3.8, 4) is 0 Å². The SMILES string of the molecule is Cc1c(Cl)ccc2c1NC(=O)[C@]21N[C@H](Cc2ccccc2)[C@@H]2C(=O)N(c3ccccc3)C(=O)[C@@H]21. The molecule has 0 bridgehead atoms. The molecule has 2 saturated heterocycles. The predicted octanol–water partition coefficient (Wildman–Crippen LogP) is 3.82. The van der Waals surface area contributed by atoms with Crippen LogP contribution in [0.4, 0.5) is 11.4 Å². The van der Waals surface area contributed by atoms with Gasteiger partial charge in [0, 0.05) is 16.6 Å². The van der Waals surface area contributed by atoms with E-state index in [2.05, 4.69) is 10.6 Å². The second-order valence-corrected chi connectivity index (χ2v) is 9.56. The van der Waals surface area contributed by atoms with Gasteiger partial charge < -0.3 is 5.32 Å². The molecule has 1 spiro atoms. The molecule has 0 radical (unpaired) electrons. The van der Waals surface area contributed by atoms with Crippen molar-refractivity contribution >= 4 is 40.7 Å². The molecule has 0 saturated carbocycles. The van der Waals surface area contributed by atoms with Crippen molar-refractivity contribution in [2.45, 2.75) is 24.9 Å². The lowest BCUT2D eigenvalue weighted by atomic mass is 9.76. The number of imide groups is 1. The standard InChI is InChI=1S/C27H22ClN3O3/c1-15-19(28)13-12-18-23(15)29-26(34)27(18)22-21(20(30-27)14-16-8-4-2-5-9-16)24(32)31(25(22)33)17-10-6-3-7-11-17/h2-13,20-22,30H,14H2,1H3,(H,29,34)/t20-,21+,22-,27+/m1/s1. The number of carbonyl (C=O) groups excluding carboxylic acids is 3. The third kappa shape index (κ3) is 2.76. The van der Waals surface area contributed by atoms with Gasteiger partial charge in [0.15, 0.2) is 0 Å². The average molecular weight is 472 g/mol. The molecule has 3 amide bonds. The van der Waals surface area contributed by atoms with E-state index in [0.717, 1.165) is 11.1 Å². The molecule has 2 fully saturated rings. The number of fused-ring (bicyclic) bond motifs is 4. The third-order valence-electron chi connectivity index (χ3n) is 7.40. The van der Waals surface area contributed by atoms with Crippen LogP contribution >= 0.6 is 11.6 Å². The highest BCUT2D eigenvalue weighted by Gasteiger charge is 2.70. The van der Waals surface area contributed by atoms with Crippen LogP contribution in [0.1, 0.15) is 16.7 Å². The molecule has 3 aliphatic heterocycles. The summed E-state index contributed by atoms with van der Waals surface area (Å²) in [5, 5.41) is 6.97. The maximum Gasteiger partial charge on any atom is 0.250 e. The molecule has 6 nitrogen and oxygen atoms in total. The number of para-hydroxylation sites is 1. The number of carbonyl (C=O) groups is 3. The highest BCUT2D eigenvalue weighted by molar-refractivity contribution is 6.32. The molecule has 34 heavy (non-hydrogen) atoms. The zero-order chi connectivity index (χ0) is 23.6. The highest BCUT2D eigenvalue weighted by Crippen LogP contribution is 2.54. The first-order valence-electron chi connectivity index (χ1n) is 11.3. The van der Waals surface area contributed by atoms with E-state index in [4.69, 9.17) is 11.6 Å². The fourth-order valence-corrected chi connectivity index (χ4v) is 6.02. The molecule has 2 N–H and O–H groups in total. The van der Waals surface area contributed by atoms with Gasteiger partial charge in [0.1, 0.15) is 5.54 Å². The van der Waals surface area contributed by atoms with E-state index in [1.54, 1.807) is 36.4 Å². The number of hydrogen-bond donors (Lipinski definition) is 2. The Morgan fingerprint density at radius 2 is 1.59 bits per heavy atom. The Morgan fingerprint density at radius 1 is 0.912 bits per heavy atom. The Bertz CT molecular complexity index is 1340. The number of rotatable bonds is 3. The van der Waals surface area contributed by atoms with Crippen LogP contribution in [-0.4, -0.2) is 23.8 Å². The molecule has 7 heteroatoms. The maximum atomic E-state index is 13.9. The second kappa shape index (κ2) is 7.52. The summed E-state index contributed by atoms with van der Waals surface area (Å²) in [4.78, 5) is 42.6. The largest absolute Gasteiger partial charge is 0.324 e. The molecule has 0 aromatic heterocycles. The summed E-state index contributed by atoms with van der Waals surface area (Å²) in [5.41, 5.74) is 2.23. The van der Waals surface area contributed by atoms with Crippen molar-refractivity contribution < 1.29 is 14.4 Å². The molecular formula is C27H22ClN3O3. The summed E-state index contributed by atoms with van der Waals surface area (Å²) in [6.07, 6.45) is 0.514. The average Bonchev–Trinajstić information content (AvgIpc) is 3.42. The molecular weight excluding hydrogens is 450 g/mol. The van der Waals surface area contributed by atoms with Crippen molar-refractivity contribution in [2.24, 2.45) is 11.8 Å². The summed E-state index contributed by atoms with van der Waals surface area (Å²) in [7, 11) is 0. The smallest absolute Gasteiger partial charge is 0.250 e. The van der Waals surface area contributed by atoms with Gasteiger partial charge in [0.05, 0.1) is 23.2 Å². The topological polar surface area (TPSA) is 78.5 Å². The van der Waals surface area contributed by atoms with Crippen LogP contribution in [0.3, 0.4) is 0 Å². The number of halogens is 1. The molecule has 3 aromatic carbocycles. The lowest BCUT2D eigenvalue weighted by Gasteiger charge is -2.29. The van der Waals surface area contributed by atoms with E-state index in [0.29, 0.717) is 28.4 Å². The van der Waals surface area contributed by atoms with Gasteiger partial charge in [-0.15, -0.1) is 0 Å². The van der Waals surface area contributed by atoms with Gasteiger partial charge in [-0.05, 0) is 42.7 Å². The zero-order valence-corrected chi connectivity index (χ0v) is 19.2. The van der Waals surface area contributed by atoms with E-state index in [-0.39, 0.29) is 17.7 Å². The molecule has 3 aliphatic rings. The van der Waals surface area contributed by atoms with Crippen LogP contribution in [0.5, 0.6) is 0 Å². The van der Waals surface area contributed by atoms with Crippen molar-refractivity contribution in [2.75, 3.05) is 10.2 Å². The van der Waals surface area contributed by atoms with Crippen molar-refractivity contribution in [3.63, 3.8) is 0 Å². The predicted molar refractivity (Wildman–Crippen MR) is 129 cm³/mol.